The zero-order valence-corrected chi connectivity index (χ0v) is 14.7. The van der Waals surface area contributed by atoms with E-state index in [4.69, 9.17) is 0 Å². The highest BCUT2D eigenvalue weighted by Crippen LogP contribution is 2.22. The Morgan fingerprint density at radius 2 is 2.26 bits per heavy atom. The van der Waals surface area contributed by atoms with Crippen LogP contribution in [0.15, 0.2) is 6.20 Å². The number of hydrogen-bond donors (Lipinski definition) is 2. The number of nitrogens with zero attached hydrogens (tertiary/aromatic N) is 3. The van der Waals surface area contributed by atoms with Gasteiger partial charge in [-0.05, 0) is 46.1 Å². The fraction of sp³-hybridized carbons (Fsp3) is 0.765. The molecule has 0 spiro atoms. The number of urea groups is 1. The van der Waals surface area contributed by atoms with E-state index in [9.17, 15) is 4.79 Å². The molecule has 1 aliphatic heterocycles. The van der Waals surface area contributed by atoms with Gasteiger partial charge in [-0.3, -0.25) is 4.68 Å². The van der Waals surface area contributed by atoms with E-state index in [2.05, 4.69) is 49.6 Å². The average Bonchev–Trinajstić information content (AvgIpc) is 2.89. The van der Waals surface area contributed by atoms with Crippen LogP contribution in [0.2, 0.25) is 0 Å². The van der Waals surface area contributed by atoms with Crippen molar-refractivity contribution < 1.29 is 4.79 Å². The van der Waals surface area contributed by atoms with E-state index in [-0.39, 0.29) is 17.6 Å². The molecule has 0 radical (unpaired) electrons. The van der Waals surface area contributed by atoms with Crippen molar-refractivity contribution in [1.29, 1.82) is 0 Å². The molecule has 3 rings (SSSR count). The molecular formula is C17H29N5O. The minimum absolute atomic E-state index is 0.00857. The second kappa shape index (κ2) is 6.15. The lowest BCUT2D eigenvalue weighted by molar-refractivity contribution is 0.151. The summed E-state index contributed by atoms with van der Waals surface area (Å²) in [6.07, 6.45) is 5.01. The number of hydrogen-bond acceptors (Lipinski definition) is 3. The predicted octanol–water partition coefficient (Wildman–Crippen LogP) is 1.71. The van der Waals surface area contributed by atoms with Gasteiger partial charge in [0.1, 0.15) is 0 Å². The normalized spacial score (nSPS) is 23.7. The number of fused-ring (bicyclic) bond motifs is 1. The fourth-order valence-corrected chi connectivity index (χ4v) is 3.48. The molecule has 1 fully saturated rings. The monoisotopic (exact) mass is 319 g/mol. The molecule has 1 aliphatic carbocycles. The molecular weight excluding hydrogens is 290 g/mol. The van der Waals surface area contributed by atoms with Crippen LogP contribution in [0.4, 0.5) is 4.79 Å². The van der Waals surface area contributed by atoms with Gasteiger partial charge in [0.15, 0.2) is 0 Å². The Hall–Kier alpha value is -1.56. The molecule has 0 aromatic carbocycles. The van der Waals surface area contributed by atoms with Crippen LogP contribution in [-0.4, -0.2) is 51.9 Å². The minimum Gasteiger partial charge on any atom is -0.335 e. The largest absolute Gasteiger partial charge is 0.335 e. The molecule has 23 heavy (non-hydrogen) atoms. The number of piperazine rings is 1. The van der Waals surface area contributed by atoms with Crippen LogP contribution >= 0.6 is 0 Å². The third-order valence-corrected chi connectivity index (χ3v) is 4.81. The zero-order chi connectivity index (χ0) is 16.6. The van der Waals surface area contributed by atoms with E-state index in [0.717, 1.165) is 44.6 Å². The van der Waals surface area contributed by atoms with Gasteiger partial charge in [0, 0.05) is 49.9 Å². The smallest absolute Gasteiger partial charge is 0.317 e. The second-order valence-electron chi connectivity index (χ2n) is 7.80. The van der Waals surface area contributed by atoms with Crippen molar-refractivity contribution in [2.75, 3.05) is 19.6 Å². The first-order valence-corrected chi connectivity index (χ1v) is 8.71. The number of carbonyl (C=O) groups excluding carboxylic acids is 1. The highest BCUT2D eigenvalue weighted by Gasteiger charge is 2.30. The van der Waals surface area contributed by atoms with Crippen LogP contribution < -0.4 is 10.6 Å². The van der Waals surface area contributed by atoms with Crippen molar-refractivity contribution in [2.24, 2.45) is 0 Å². The van der Waals surface area contributed by atoms with Gasteiger partial charge in [-0.25, -0.2) is 4.79 Å². The summed E-state index contributed by atoms with van der Waals surface area (Å²) in [5.74, 6) is 0. The number of amides is 2. The van der Waals surface area contributed by atoms with Gasteiger partial charge in [0.05, 0.1) is 5.69 Å². The van der Waals surface area contributed by atoms with Crippen molar-refractivity contribution in [2.45, 2.75) is 64.6 Å². The predicted molar refractivity (Wildman–Crippen MR) is 90.6 cm³/mol. The summed E-state index contributed by atoms with van der Waals surface area (Å²) in [5.41, 5.74) is 2.48. The van der Waals surface area contributed by atoms with Crippen LogP contribution in [0.25, 0.3) is 0 Å². The van der Waals surface area contributed by atoms with Gasteiger partial charge < -0.3 is 15.5 Å². The summed E-state index contributed by atoms with van der Waals surface area (Å²) in [6.45, 7) is 10.9. The molecule has 2 heterocycles. The Morgan fingerprint density at radius 1 is 1.48 bits per heavy atom. The van der Waals surface area contributed by atoms with Crippen LogP contribution in [0, 0.1) is 0 Å². The summed E-state index contributed by atoms with van der Waals surface area (Å²) in [6, 6.07) is 0.650. The van der Waals surface area contributed by atoms with Crippen LogP contribution in [0.5, 0.6) is 0 Å². The van der Waals surface area contributed by atoms with E-state index in [0.29, 0.717) is 6.04 Å². The molecule has 6 heteroatoms. The fourth-order valence-electron chi connectivity index (χ4n) is 3.48. The molecule has 0 saturated carbocycles. The summed E-state index contributed by atoms with van der Waals surface area (Å²) >= 11 is 0. The Morgan fingerprint density at radius 3 is 2.96 bits per heavy atom. The Bertz CT molecular complexity index is 578. The second-order valence-corrected chi connectivity index (χ2v) is 7.80. The van der Waals surface area contributed by atoms with E-state index >= 15 is 0 Å². The van der Waals surface area contributed by atoms with Gasteiger partial charge in [-0.2, -0.15) is 5.10 Å². The number of rotatable bonds is 2. The van der Waals surface area contributed by atoms with E-state index < -0.39 is 0 Å². The standard InChI is InChI=1S/C17H29N5O/c1-12(2)22-10-13-5-6-14(9-15(13)20-22)19-16(23)21-8-7-18-17(3,4)11-21/h10,12,14,18H,5-9,11H2,1-4H3,(H,19,23). The van der Waals surface area contributed by atoms with Crippen molar-refractivity contribution >= 4 is 6.03 Å². The van der Waals surface area contributed by atoms with Crippen LogP contribution in [0.3, 0.4) is 0 Å². The molecule has 2 aliphatic rings. The summed E-state index contributed by atoms with van der Waals surface area (Å²) in [4.78, 5) is 14.5. The number of aromatic nitrogens is 2. The minimum atomic E-state index is -0.00857. The summed E-state index contributed by atoms with van der Waals surface area (Å²) in [7, 11) is 0. The molecule has 128 valence electrons. The first-order chi connectivity index (χ1) is 10.8. The summed E-state index contributed by atoms with van der Waals surface area (Å²) < 4.78 is 2.04. The zero-order valence-electron chi connectivity index (χ0n) is 14.7. The molecule has 2 N–H and O–H groups in total. The Kier molecular flexibility index (Phi) is 4.36. The maximum atomic E-state index is 12.5. The number of nitrogens with one attached hydrogen (secondary N) is 2. The number of aryl methyl sites for hydroxylation is 1. The van der Waals surface area contributed by atoms with Crippen molar-refractivity contribution in [3.05, 3.63) is 17.5 Å². The topological polar surface area (TPSA) is 62.2 Å². The third-order valence-electron chi connectivity index (χ3n) is 4.81. The van der Waals surface area contributed by atoms with Crippen LogP contribution in [0.1, 0.15) is 51.4 Å². The highest BCUT2D eigenvalue weighted by atomic mass is 16.2. The summed E-state index contributed by atoms with van der Waals surface area (Å²) in [5, 5.41) is 11.3. The van der Waals surface area contributed by atoms with Gasteiger partial charge in [0.25, 0.3) is 0 Å². The van der Waals surface area contributed by atoms with Gasteiger partial charge >= 0.3 is 6.03 Å². The number of carbonyl (C=O) groups is 1. The molecule has 1 aromatic rings. The Balaban J connectivity index is 1.59. The van der Waals surface area contributed by atoms with Gasteiger partial charge in [0.2, 0.25) is 0 Å². The van der Waals surface area contributed by atoms with Gasteiger partial charge in [-0.15, -0.1) is 0 Å². The molecule has 2 amide bonds. The van der Waals surface area contributed by atoms with Crippen LogP contribution in [-0.2, 0) is 12.8 Å². The lowest BCUT2D eigenvalue weighted by Crippen LogP contribution is -2.61. The van der Waals surface area contributed by atoms with Crippen molar-refractivity contribution in [3.63, 3.8) is 0 Å². The average molecular weight is 319 g/mol. The third kappa shape index (κ3) is 3.68. The van der Waals surface area contributed by atoms with E-state index in [1.807, 2.05) is 9.58 Å². The lowest BCUT2D eigenvalue weighted by Gasteiger charge is -2.39. The Labute approximate surface area is 138 Å². The molecule has 1 saturated heterocycles. The molecule has 6 nitrogen and oxygen atoms in total. The molecule has 1 aromatic heterocycles. The van der Waals surface area contributed by atoms with Crippen molar-refractivity contribution in [1.82, 2.24) is 25.3 Å². The first-order valence-electron chi connectivity index (χ1n) is 8.71. The van der Waals surface area contributed by atoms with Gasteiger partial charge in [-0.1, -0.05) is 0 Å². The lowest BCUT2D eigenvalue weighted by atomic mass is 9.94. The quantitative estimate of drug-likeness (QED) is 0.872. The molecule has 1 unspecified atom stereocenters. The van der Waals surface area contributed by atoms with E-state index in [1.54, 1.807) is 0 Å². The SMILES string of the molecule is CC(C)n1cc2c(n1)CC(NC(=O)N1CCNC(C)(C)C1)CC2. The highest BCUT2D eigenvalue weighted by molar-refractivity contribution is 5.75. The maximum absolute atomic E-state index is 12.5. The molecule has 0 bridgehead atoms. The van der Waals surface area contributed by atoms with Crippen molar-refractivity contribution in [3.8, 4) is 0 Å². The molecule has 1 atom stereocenters. The maximum Gasteiger partial charge on any atom is 0.317 e. The van der Waals surface area contributed by atoms with E-state index in [1.165, 1.54) is 5.56 Å². The first kappa shape index (κ1) is 16.3.